The molecule has 0 aliphatic carbocycles. The van der Waals surface area contributed by atoms with Gasteiger partial charge in [0, 0.05) is 54.0 Å². The number of nitrogens with one attached hydrogen (secondary N) is 1. The molecule has 2 atom stereocenters. The second kappa shape index (κ2) is 12.6. The van der Waals surface area contributed by atoms with Gasteiger partial charge in [-0.1, -0.05) is 24.3 Å². The zero-order valence-electron chi connectivity index (χ0n) is 25.2. The van der Waals surface area contributed by atoms with E-state index in [9.17, 15) is 23.1 Å². The van der Waals surface area contributed by atoms with E-state index >= 15 is 0 Å². The fourth-order valence-corrected chi connectivity index (χ4v) is 7.22. The van der Waals surface area contributed by atoms with Crippen molar-refractivity contribution in [1.82, 2.24) is 29.2 Å². The number of hydrogen-bond donors (Lipinski definition) is 2. The number of rotatable bonds is 9. The van der Waals surface area contributed by atoms with Crippen LogP contribution in [0.3, 0.4) is 0 Å². The molecule has 0 bridgehead atoms. The van der Waals surface area contributed by atoms with Gasteiger partial charge in [-0.2, -0.15) is 5.10 Å². The fourth-order valence-electron chi connectivity index (χ4n) is 6.68. The number of benzene rings is 2. The molecule has 9 nitrogen and oxygen atoms in total. The summed E-state index contributed by atoms with van der Waals surface area (Å²) in [5.41, 5.74) is 4.33. The molecule has 0 spiro atoms. The lowest BCUT2D eigenvalue weighted by Gasteiger charge is -2.31. The first-order valence-electron chi connectivity index (χ1n) is 15.4. The number of carbonyl (C=O) groups excluding carboxylic acids is 1. The number of carbonyl (C=O) groups is 1. The Morgan fingerprint density at radius 3 is 2.65 bits per heavy atom. The molecule has 5 aromatic rings. The summed E-state index contributed by atoms with van der Waals surface area (Å²) in [5, 5.41) is 19.3. The third kappa shape index (κ3) is 5.82. The third-order valence-corrected chi connectivity index (χ3v) is 9.88. The predicted octanol–water partition coefficient (Wildman–Crippen LogP) is 5.93. The number of anilines is 1. The van der Waals surface area contributed by atoms with E-state index in [4.69, 9.17) is 5.10 Å². The average molecular weight is 650 g/mol. The minimum atomic E-state index is -2.78. The number of aliphatic hydroxyl groups is 1. The highest BCUT2D eigenvalue weighted by Gasteiger charge is 2.35. The van der Waals surface area contributed by atoms with Crippen LogP contribution in [0.2, 0.25) is 0 Å². The average Bonchev–Trinajstić information content (AvgIpc) is 3.85. The molecule has 2 aromatic carbocycles. The number of thiazole rings is 1. The van der Waals surface area contributed by atoms with Gasteiger partial charge in [0.2, 0.25) is 0 Å². The molecule has 1 fully saturated rings. The molecule has 1 saturated heterocycles. The Morgan fingerprint density at radius 2 is 1.96 bits per heavy atom. The maximum Gasteiger partial charge on any atom is 0.264 e. The van der Waals surface area contributed by atoms with E-state index in [0.29, 0.717) is 39.1 Å². The van der Waals surface area contributed by atoms with E-state index in [0.717, 1.165) is 43.6 Å². The maximum atomic E-state index is 14.6. The molecule has 0 saturated carbocycles. The van der Waals surface area contributed by atoms with Gasteiger partial charge < -0.3 is 9.67 Å². The number of aryl methyl sites for hydroxylation is 1. The van der Waals surface area contributed by atoms with Crippen molar-refractivity contribution in [2.24, 2.45) is 5.92 Å². The first kappa shape index (κ1) is 30.6. The highest BCUT2D eigenvalue weighted by molar-refractivity contribution is 7.13. The predicted molar refractivity (Wildman–Crippen MR) is 170 cm³/mol. The molecule has 7 rings (SSSR count). The summed E-state index contributed by atoms with van der Waals surface area (Å²) in [6, 6.07) is 8.32. The van der Waals surface area contributed by atoms with Crippen LogP contribution in [0.5, 0.6) is 0 Å². The largest absolute Gasteiger partial charge is 0.396 e. The van der Waals surface area contributed by atoms with Gasteiger partial charge in [-0.3, -0.25) is 19.7 Å². The van der Waals surface area contributed by atoms with E-state index < -0.39 is 24.5 Å². The number of aromatic nitrogens is 5. The van der Waals surface area contributed by atoms with Crippen LogP contribution < -0.4 is 5.32 Å². The number of fused-ring (bicyclic) bond motifs is 2. The molecule has 2 N–H and O–H groups in total. The number of amides is 1. The van der Waals surface area contributed by atoms with Crippen molar-refractivity contribution in [3.8, 4) is 11.1 Å². The molecule has 5 heterocycles. The molecule has 2 aliphatic rings. The molecular formula is C33H34F3N7O2S. The number of nitrogens with zero attached hydrogens (tertiary/aromatic N) is 6. The summed E-state index contributed by atoms with van der Waals surface area (Å²) in [4.78, 5) is 24.7. The van der Waals surface area contributed by atoms with Gasteiger partial charge in [0.05, 0.1) is 24.1 Å². The zero-order chi connectivity index (χ0) is 31.9. The number of piperidine rings is 1. The summed E-state index contributed by atoms with van der Waals surface area (Å²) in [6.45, 7) is 4.87. The third-order valence-electron chi connectivity index (χ3n) is 9.20. The van der Waals surface area contributed by atoms with E-state index in [2.05, 4.69) is 20.2 Å². The first-order valence-corrected chi connectivity index (χ1v) is 16.3. The summed E-state index contributed by atoms with van der Waals surface area (Å²) in [6.07, 6.45) is 2.70. The standard InChI is InChI=1S/C33H34F3N7O2S/c1-19-24(22-4-2-20(3-5-22)14-41-9-6-21(17-44)7-10-41)13-25(31(35)36)26-16-43(40-28(19)26)30(32(45)39-33-37-8-11-46-33)29-27-12-23(34)15-42(27)18-38-29/h2-5,8,11,13,16,18,21,23,30-31,44H,6-7,9-10,12,14-15,17H2,1H3,(H,37,39,45)/t23-,30?/m1/s1. The lowest BCUT2D eigenvalue weighted by Crippen LogP contribution is -2.34. The number of halogens is 3. The van der Waals surface area contributed by atoms with Crippen LogP contribution in [0, 0.1) is 12.8 Å². The summed E-state index contributed by atoms with van der Waals surface area (Å²) < 4.78 is 46.7. The topological polar surface area (TPSA) is 101 Å². The zero-order valence-corrected chi connectivity index (χ0v) is 26.1. The van der Waals surface area contributed by atoms with E-state index in [-0.39, 0.29) is 30.5 Å². The molecule has 0 radical (unpaired) electrons. The highest BCUT2D eigenvalue weighted by atomic mass is 32.1. The summed E-state index contributed by atoms with van der Waals surface area (Å²) in [7, 11) is 0. The molecule has 240 valence electrons. The minimum absolute atomic E-state index is 0.0968. The maximum absolute atomic E-state index is 14.6. The number of imidazole rings is 1. The van der Waals surface area contributed by atoms with Crippen molar-refractivity contribution in [3.05, 3.63) is 82.5 Å². The Labute approximate surface area is 267 Å². The number of likely N-dealkylation sites (tertiary alicyclic amines) is 1. The van der Waals surface area contributed by atoms with Gasteiger partial charge in [0.25, 0.3) is 12.3 Å². The number of alkyl halides is 3. The molecule has 1 unspecified atom stereocenters. The van der Waals surface area contributed by atoms with Gasteiger partial charge in [-0.25, -0.2) is 23.1 Å². The molecule has 46 heavy (non-hydrogen) atoms. The minimum Gasteiger partial charge on any atom is -0.396 e. The van der Waals surface area contributed by atoms with Gasteiger partial charge >= 0.3 is 0 Å². The van der Waals surface area contributed by atoms with Crippen LogP contribution >= 0.6 is 11.3 Å². The Kier molecular flexibility index (Phi) is 8.38. The quantitative estimate of drug-likeness (QED) is 0.205. The van der Waals surface area contributed by atoms with Gasteiger partial charge in [-0.05, 0) is 67.1 Å². The highest BCUT2D eigenvalue weighted by Crippen LogP contribution is 2.38. The van der Waals surface area contributed by atoms with Gasteiger partial charge in [0.1, 0.15) is 6.17 Å². The molecular weight excluding hydrogens is 615 g/mol. The molecule has 13 heteroatoms. The van der Waals surface area contributed by atoms with Crippen molar-refractivity contribution in [2.45, 2.75) is 57.9 Å². The lowest BCUT2D eigenvalue weighted by atomic mass is 9.94. The first-order chi connectivity index (χ1) is 22.3. The van der Waals surface area contributed by atoms with Crippen molar-refractivity contribution in [2.75, 3.05) is 25.0 Å². The van der Waals surface area contributed by atoms with Crippen molar-refractivity contribution in [3.63, 3.8) is 0 Å². The van der Waals surface area contributed by atoms with Crippen molar-refractivity contribution in [1.29, 1.82) is 0 Å². The SMILES string of the molecule is Cc1c(-c2ccc(CN3CCC(CO)CC3)cc2)cc(C(F)F)c2cn(C(C(=O)Nc3nccs3)c3ncn4c3C[C@@H](F)C4)nc12. The lowest BCUT2D eigenvalue weighted by molar-refractivity contribution is -0.118. The Morgan fingerprint density at radius 1 is 1.17 bits per heavy atom. The van der Waals surface area contributed by atoms with Crippen molar-refractivity contribution >= 4 is 33.3 Å². The van der Waals surface area contributed by atoms with Gasteiger partial charge in [-0.15, -0.1) is 11.3 Å². The Bertz CT molecular complexity index is 1850. The number of aliphatic hydroxyl groups excluding tert-OH is 1. The monoisotopic (exact) mass is 649 g/mol. The number of hydrogen-bond acceptors (Lipinski definition) is 7. The van der Waals surface area contributed by atoms with E-state index in [1.165, 1.54) is 34.6 Å². The Balaban J connectivity index is 1.25. The van der Waals surface area contributed by atoms with Crippen LogP contribution in [0.15, 0.2) is 54.4 Å². The molecule has 2 aliphatic heterocycles. The molecule has 1 amide bonds. The van der Waals surface area contributed by atoms with Gasteiger partial charge in [0.15, 0.2) is 11.2 Å². The van der Waals surface area contributed by atoms with Crippen molar-refractivity contribution < 1.29 is 23.1 Å². The normalized spacial score (nSPS) is 18.0. The second-order valence-corrected chi connectivity index (χ2v) is 13.1. The smallest absolute Gasteiger partial charge is 0.264 e. The summed E-state index contributed by atoms with van der Waals surface area (Å²) >= 11 is 1.24. The van der Waals surface area contributed by atoms with Crippen LogP contribution in [0.25, 0.3) is 22.0 Å². The van der Waals surface area contributed by atoms with Crippen LogP contribution in [0.1, 0.15) is 53.4 Å². The molecule has 3 aromatic heterocycles. The van der Waals surface area contributed by atoms with Crippen LogP contribution in [-0.2, 0) is 24.3 Å². The fraction of sp³-hybridized carbons (Fsp3) is 0.394. The Hall–Kier alpha value is -4.07. The van der Waals surface area contributed by atoms with Crippen LogP contribution in [0.4, 0.5) is 18.3 Å². The van der Waals surface area contributed by atoms with Crippen LogP contribution in [-0.4, -0.2) is 66.1 Å². The summed E-state index contributed by atoms with van der Waals surface area (Å²) in [5.74, 6) is -0.131. The second-order valence-electron chi connectivity index (χ2n) is 12.2. The van der Waals surface area contributed by atoms with E-state index in [1.807, 2.05) is 31.2 Å². The van der Waals surface area contributed by atoms with E-state index in [1.54, 1.807) is 16.1 Å².